The maximum Gasteiger partial charge on any atom is 0.0588 e. The van der Waals surface area contributed by atoms with Crippen LogP contribution >= 0.6 is 8.81 Å². The third kappa shape index (κ3) is 6.51. The molecule has 0 amide bonds. The van der Waals surface area contributed by atoms with Gasteiger partial charge in [-0.2, -0.15) is 0 Å². The van der Waals surface area contributed by atoms with Crippen LogP contribution in [0.1, 0.15) is 34.1 Å². The Morgan fingerprint density at radius 1 is 1.30 bits per heavy atom. The molecular formula is C8H19OP. The highest BCUT2D eigenvalue weighted by molar-refractivity contribution is 7.32. The van der Waals surface area contributed by atoms with Gasteiger partial charge in [-0.15, -0.1) is 0 Å². The maximum absolute atomic E-state index is 5.53. The van der Waals surface area contributed by atoms with Crippen LogP contribution in [0.15, 0.2) is 0 Å². The third-order valence-corrected chi connectivity index (χ3v) is 2.09. The molecule has 2 heteroatoms. The fourth-order valence-electron chi connectivity index (χ4n) is 0.938. The summed E-state index contributed by atoms with van der Waals surface area (Å²) >= 11 is 0. The quantitative estimate of drug-likeness (QED) is 0.564. The lowest BCUT2D eigenvalue weighted by atomic mass is 10.1. The highest BCUT2D eigenvalue weighted by Gasteiger charge is 2.03. The van der Waals surface area contributed by atoms with Gasteiger partial charge in [-0.1, -0.05) is 20.8 Å². The van der Waals surface area contributed by atoms with E-state index in [-0.39, 0.29) is 0 Å². The second-order valence-corrected chi connectivity index (χ2v) is 4.29. The van der Waals surface area contributed by atoms with Crippen LogP contribution in [-0.2, 0) is 4.52 Å². The van der Waals surface area contributed by atoms with Crippen molar-refractivity contribution in [3.05, 3.63) is 0 Å². The van der Waals surface area contributed by atoms with Gasteiger partial charge < -0.3 is 4.52 Å². The zero-order valence-electron chi connectivity index (χ0n) is 7.48. The van der Waals surface area contributed by atoms with E-state index in [4.69, 9.17) is 4.52 Å². The van der Waals surface area contributed by atoms with Gasteiger partial charge in [0.1, 0.15) is 0 Å². The summed E-state index contributed by atoms with van der Waals surface area (Å²) in [5, 5.41) is 0. The average Bonchev–Trinajstić information content (AvgIpc) is 1.82. The molecule has 0 aromatic heterocycles. The third-order valence-electron chi connectivity index (χ3n) is 1.23. The van der Waals surface area contributed by atoms with Crippen LogP contribution in [0, 0.1) is 5.92 Å². The van der Waals surface area contributed by atoms with Crippen molar-refractivity contribution in [2.24, 2.45) is 5.92 Å². The number of hydrogen-bond donors (Lipinski definition) is 0. The largest absolute Gasteiger partial charge is 0.360 e. The fraction of sp³-hybridized carbons (Fsp3) is 1.00. The summed E-state index contributed by atoms with van der Waals surface area (Å²) in [6.45, 7) is 8.77. The molecule has 0 spiro atoms. The van der Waals surface area contributed by atoms with Crippen molar-refractivity contribution in [2.45, 2.75) is 40.2 Å². The number of rotatable bonds is 5. The van der Waals surface area contributed by atoms with Crippen molar-refractivity contribution in [1.29, 1.82) is 0 Å². The van der Waals surface area contributed by atoms with Gasteiger partial charge in [-0.05, 0) is 25.4 Å². The van der Waals surface area contributed by atoms with E-state index in [1.807, 2.05) is 0 Å². The first-order valence-corrected chi connectivity index (χ1v) is 5.16. The van der Waals surface area contributed by atoms with Crippen molar-refractivity contribution in [2.75, 3.05) is 6.16 Å². The normalized spacial score (nSPS) is 15.3. The van der Waals surface area contributed by atoms with Gasteiger partial charge >= 0.3 is 0 Å². The Morgan fingerprint density at radius 2 is 1.90 bits per heavy atom. The molecule has 0 radical (unpaired) electrons. The predicted molar refractivity (Wildman–Crippen MR) is 48.9 cm³/mol. The molecule has 0 aliphatic carbocycles. The smallest absolute Gasteiger partial charge is 0.0588 e. The zero-order valence-corrected chi connectivity index (χ0v) is 8.48. The van der Waals surface area contributed by atoms with E-state index in [9.17, 15) is 0 Å². The van der Waals surface area contributed by atoms with E-state index >= 15 is 0 Å². The van der Waals surface area contributed by atoms with Crippen LogP contribution in [-0.4, -0.2) is 12.3 Å². The summed E-state index contributed by atoms with van der Waals surface area (Å²) in [6, 6.07) is 0. The second kappa shape index (κ2) is 6.12. The van der Waals surface area contributed by atoms with Crippen LogP contribution in [0.2, 0.25) is 0 Å². The lowest BCUT2D eigenvalue weighted by Gasteiger charge is -2.13. The molecule has 0 fully saturated rings. The molecule has 0 saturated heterocycles. The Bertz CT molecular complexity index is 73.7. The highest BCUT2D eigenvalue weighted by atomic mass is 31.1. The molecule has 62 valence electrons. The Labute approximate surface area is 66.4 Å². The van der Waals surface area contributed by atoms with Gasteiger partial charge in [-0.3, -0.25) is 0 Å². The van der Waals surface area contributed by atoms with Crippen LogP contribution in [0.25, 0.3) is 0 Å². The van der Waals surface area contributed by atoms with Crippen LogP contribution in [0.3, 0.4) is 0 Å². The lowest BCUT2D eigenvalue weighted by Crippen LogP contribution is -2.06. The molecule has 0 aromatic carbocycles. The van der Waals surface area contributed by atoms with Crippen LogP contribution < -0.4 is 0 Å². The Kier molecular flexibility index (Phi) is 6.36. The standard InChI is InChI=1S/C8H19OP/c1-5-10-9-8(4)6-7(2)3/h7-8,10H,5-6H2,1-4H3. The summed E-state index contributed by atoms with van der Waals surface area (Å²) in [6.07, 6.45) is 2.80. The van der Waals surface area contributed by atoms with E-state index in [1.165, 1.54) is 6.42 Å². The minimum absolute atomic E-state index is 0.457. The fourth-order valence-corrected chi connectivity index (χ4v) is 1.48. The van der Waals surface area contributed by atoms with Crippen molar-refractivity contribution in [3.8, 4) is 0 Å². The minimum Gasteiger partial charge on any atom is -0.360 e. The molecule has 0 N–H and O–H groups in total. The summed E-state index contributed by atoms with van der Waals surface area (Å²) in [4.78, 5) is 0. The second-order valence-electron chi connectivity index (χ2n) is 3.06. The molecule has 0 aromatic rings. The van der Waals surface area contributed by atoms with E-state index in [2.05, 4.69) is 27.7 Å². The highest BCUT2D eigenvalue weighted by Crippen LogP contribution is 2.18. The summed E-state index contributed by atoms with van der Waals surface area (Å²) in [5.41, 5.74) is 0. The molecule has 0 aliphatic heterocycles. The van der Waals surface area contributed by atoms with Crippen LogP contribution in [0.4, 0.5) is 0 Å². The molecule has 1 nitrogen and oxygen atoms in total. The van der Waals surface area contributed by atoms with Crippen molar-refractivity contribution in [3.63, 3.8) is 0 Å². The van der Waals surface area contributed by atoms with Gasteiger partial charge in [0.2, 0.25) is 0 Å². The molecule has 0 aliphatic rings. The number of hydrogen-bond acceptors (Lipinski definition) is 1. The van der Waals surface area contributed by atoms with Crippen molar-refractivity contribution in [1.82, 2.24) is 0 Å². The van der Waals surface area contributed by atoms with E-state index in [0.29, 0.717) is 14.9 Å². The minimum atomic E-state index is 0.457. The maximum atomic E-state index is 5.53. The van der Waals surface area contributed by atoms with E-state index in [1.54, 1.807) is 0 Å². The Morgan fingerprint density at radius 3 is 2.30 bits per heavy atom. The Balaban J connectivity index is 3.16. The first-order chi connectivity index (χ1) is 4.66. The van der Waals surface area contributed by atoms with Gasteiger partial charge in [0.25, 0.3) is 0 Å². The molecule has 10 heavy (non-hydrogen) atoms. The van der Waals surface area contributed by atoms with Gasteiger partial charge in [0.05, 0.1) is 6.10 Å². The van der Waals surface area contributed by atoms with Crippen LogP contribution in [0.5, 0.6) is 0 Å². The molecule has 0 saturated carbocycles. The Hall–Kier alpha value is 0.390. The summed E-state index contributed by atoms with van der Waals surface area (Å²) in [5.74, 6) is 0.761. The van der Waals surface area contributed by atoms with E-state index in [0.717, 1.165) is 12.1 Å². The van der Waals surface area contributed by atoms with Crippen molar-refractivity contribution < 1.29 is 4.52 Å². The monoisotopic (exact) mass is 162 g/mol. The molecule has 0 rings (SSSR count). The van der Waals surface area contributed by atoms with Gasteiger partial charge in [0, 0.05) is 8.81 Å². The van der Waals surface area contributed by atoms with Crippen molar-refractivity contribution >= 4 is 8.81 Å². The molecule has 0 bridgehead atoms. The zero-order chi connectivity index (χ0) is 7.98. The molecule has 2 unspecified atom stereocenters. The SMILES string of the molecule is CCPOC(C)CC(C)C. The summed E-state index contributed by atoms with van der Waals surface area (Å²) < 4.78 is 5.53. The van der Waals surface area contributed by atoms with Gasteiger partial charge in [0.15, 0.2) is 0 Å². The molecular weight excluding hydrogens is 143 g/mol. The van der Waals surface area contributed by atoms with Gasteiger partial charge in [-0.25, -0.2) is 0 Å². The van der Waals surface area contributed by atoms with E-state index < -0.39 is 0 Å². The molecule has 2 atom stereocenters. The molecule has 0 heterocycles. The first-order valence-electron chi connectivity index (χ1n) is 4.05. The predicted octanol–water partition coefficient (Wildman–Crippen LogP) is 3.05. The average molecular weight is 162 g/mol. The summed E-state index contributed by atoms with van der Waals surface area (Å²) in [7, 11) is 0.695. The topological polar surface area (TPSA) is 9.23 Å². The lowest BCUT2D eigenvalue weighted by molar-refractivity contribution is 0.222. The first kappa shape index (κ1) is 10.4.